The molecule has 0 bridgehead atoms. The van der Waals surface area contributed by atoms with Crippen molar-refractivity contribution in [3.63, 3.8) is 0 Å². The Hall–Kier alpha value is -2.05. The van der Waals surface area contributed by atoms with E-state index < -0.39 is 18.0 Å². The third-order valence-electron chi connectivity index (χ3n) is 2.86. The van der Waals surface area contributed by atoms with E-state index in [1.165, 1.54) is 19.2 Å². The maximum Gasteiger partial charge on any atom is 0.355 e. The number of pyridine rings is 1. The van der Waals surface area contributed by atoms with Crippen molar-refractivity contribution in [3.8, 4) is 0 Å². The van der Waals surface area contributed by atoms with Crippen molar-refractivity contribution in [1.29, 1.82) is 0 Å². The Morgan fingerprint density at radius 1 is 1.41 bits per heavy atom. The first-order valence-electron chi connectivity index (χ1n) is 6.32. The summed E-state index contributed by atoms with van der Waals surface area (Å²) in [5.74, 6) is -0.984. The molecular weight excluding hydrogens is 329 g/mol. The van der Waals surface area contributed by atoms with Gasteiger partial charge in [-0.05, 0) is 25.1 Å². The lowest BCUT2D eigenvalue weighted by molar-refractivity contribution is -0.123. The van der Waals surface area contributed by atoms with Crippen LogP contribution in [0.25, 0.3) is 0 Å². The molecule has 0 aliphatic carbocycles. The largest absolute Gasteiger partial charge is 0.448 e. The number of esters is 1. The Bertz CT molecular complexity index is 715. The van der Waals surface area contributed by atoms with Crippen LogP contribution in [0.4, 0.5) is 5.82 Å². The molecule has 0 aliphatic rings. The molecule has 0 unspecified atom stereocenters. The van der Waals surface area contributed by atoms with Crippen LogP contribution in [0.1, 0.15) is 17.4 Å². The Kier molecular flexibility index (Phi) is 5.05. The molecule has 2 aromatic heterocycles. The zero-order valence-electron chi connectivity index (χ0n) is 11.8. The second-order valence-electron chi connectivity index (χ2n) is 4.53. The maximum absolute atomic E-state index is 12.0. The molecule has 0 aromatic carbocycles. The molecule has 1 atom stereocenters. The predicted octanol–water partition coefficient (Wildman–Crippen LogP) is 2.91. The second kappa shape index (κ2) is 6.81. The number of carbonyl (C=O) groups excluding carboxylic acids is 2. The smallest absolute Gasteiger partial charge is 0.355 e. The average molecular weight is 342 g/mol. The van der Waals surface area contributed by atoms with Crippen LogP contribution in [-0.2, 0) is 16.6 Å². The average Bonchev–Trinajstić information content (AvgIpc) is 2.88. The van der Waals surface area contributed by atoms with Crippen LogP contribution in [0.2, 0.25) is 10.0 Å². The number of nitrogens with zero attached hydrogens (tertiary/aromatic N) is 2. The number of aryl methyl sites for hydroxylation is 1. The lowest BCUT2D eigenvalue weighted by Crippen LogP contribution is -2.30. The highest BCUT2D eigenvalue weighted by Crippen LogP contribution is 2.22. The Morgan fingerprint density at radius 2 is 2.14 bits per heavy atom. The number of hydrogen-bond donors (Lipinski definition) is 1. The van der Waals surface area contributed by atoms with Crippen molar-refractivity contribution in [2.24, 2.45) is 7.05 Å². The summed E-state index contributed by atoms with van der Waals surface area (Å²) in [4.78, 5) is 27.8. The quantitative estimate of drug-likeness (QED) is 0.867. The molecule has 116 valence electrons. The van der Waals surface area contributed by atoms with Gasteiger partial charge < -0.3 is 14.6 Å². The first-order valence-corrected chi connectivity index (χ1v) is 7.08. The Balaban J connectivity index is 2.00. The minimum Gasteiger partial charge on any atom is -0.448 e. The van der Waals surface area contributed by atoms with Crippen LogP contribution in [0.5, 0.6) is 0 Å². The van der Waals surface area contributed by atoms with E-state index in [0.717, 1.165) is 0 Å². The van der Waals surface area contributed by atoms with E-state index in [2.05, 4.69) is 10.3 Å². The van der Waals surface area contributed by atoms with Gasteiger partial charge >= 0.3 is 5.97 Å². The van der Waals surface area contributed by atoms with E-state index in [1.807, 2.05) is 0 Å². The molecule has 0 fully saturated rings. The van der Waals surface area contributed by atoms with Crippen molar-refractivity contribution in [2.45, 2.75) is 13.0 Å². The van der Waals surface area contributed by atoms with Crippen LogP contribution < -0.4 is 5.32 Å². The van der Waals surface area contributed by atoms with Gasteiger partial charge in [0.05, 0.1) is 10.0 Å². The summed E-state index contributed by atoms with van der Waals surface area (Å²) in [5, 5.41) is 3.03. The van der Waals surface area contributed by atoms with Gasteiger partial charge in [-0.25, -0.2) is 9.78 Å². The first kappa shape index (κ1) is 16.3. The molecule has 6 nitrogen and oxygen atoms in total. The fourth-order valence-electron chi connectivity index (χ4n) is 1.67. The fraction of sp³-hybridized carbons (Fsp3) is 0.214. The molecule has 2 aromatic rings. The van der Waals surface area contributed by atoms with Crippen LogP contribution in [0.3, 0.4) is 0 Å². The maximum atomic E-state index is 12.0. The van der Waals surface area contributed by atoms with Gasteiger partial charge in [-0.1, -0.05) is 23.2 Å². The number of ether oxygens (including phenoxy) is 1. The van der Waals surface area contributed by atoms with Gasteiger partial charge in [-0.2, -0.15) is 0 Å². The van der Waals surface area contributed by atoms with Crippen LogP contribution in [0.15, 0.2) is 30.6 Å². The van der Waals surface area contributed by atoms with Crippen molar-refractivity contribution in [1.82, 2.24) is 9.55 Å². The molecule has 0 saturated heterocycles. The summed E-state index contributed by atoms with van der Waals surface area (Å²) >= 11 is 11.6. The second-order valence-corrected chi connectivity index (χ2v) is 5.37. The van der Waals surface area contributed by atoms with E-state index in [9.17, 15) is 9.59 Å². The molecule has 0 spiro atoms. The minimum absolute atomic E-state index is 0.151. The standard InChI is InChI=1S/C14H13Cl2N3O3/c1-8(22-14(21)11-4-3-5-19(11)2)13(20)18-12-10(16)6-9(15)7-17-12/h3-8H,1-2H3,(H,17,18,20)/t8-/m1/s1. The van der Waals surface area contributed by atoms with Crippen LogP contribution in [0, 0.1) is 0 Å². The van der Waals surface area contributed by atoms with Crippen molar-refractivity contribution in [3.05, 3.63) is 46.3 Å². The molecule has 8 heteroatoms. The van der Waals surface area contributed by atoms with E-state index in [0.29, 0.717) is 10.7 Å². The molecule has 0 radical (unpaired) electrons. The van der Waals surface area contributed by atoms with Crippen molar-refractivity contribution in [2.75, 3.05) is 5.32 Å². The van der Waals surface area contributed by atoms with Gasteiger partial charge in [-0.15, -0.1) is 0 Å². The molecule has 1 amide bonds. The van der Waals surface area contributed by atoms with Gasteiger partial charge in [0.15, 0.2) is 11.9 Å². The third-order valence-corrected chi connectivity index (χ3v) is 3.35. The van der Waals surface area contributed by atoms with Gasteiger partial charge in [0.2, 0.25) is 0 Å². The summed E-state index contributed by atoms with van der Waals surface area (Å²) in [6.45, 7) is 1.46. The van der Waals surface area contributed by atoms with Gasteiger partial charge in [0, 0.05) is 19.4 Å². The molecule has 2 heterocycles. The number of rotatable bonds is 4. The molecule has 1 N–H and O–H groups in total. The molecule has 0 saturated carbocycles. The van der Waals surface area contributed by atoms with E-state index >= 15 is 0 Å². The SMILES string of the molecule is C[C@@H](OC(=O)c1cccn1C)C(=O)Nc1ncc(Cl)cc1Cl. The number of halogens is 2. The van der Waals surface area contributed by atoms with Crippen LogP contribution >= 0.6 is 23.2 Å². The summed E-state index contributed by atoms with van der Waals surface area (Å²) in [7, 11) is 1.71. The first-order chi connectivity index (χ1) is 10.4. The van der Waals surface area contributed by atoms with Crippen molar-refractivity contribution < 1.29 is 14.3 Å². The monoisotopic (exact) mass is 341 g/mol. The number of hydrogen-bond acceptors (Lipinski definition) is 4. The zero-order valence-corrected chi connectivity index (χ0v) is 13.4. The van der Waals surface area contributed by atoms with E-state index in [4.69, 9.17) is 27.9 Å². The highest BCUT2D eigenvalue weighted by atomic mass is 35.5. The number of aromatic nitrogens is 2. The zero-order chi connectivity index (χ0) is 16.3. The Morgan fingerprint density at radius 3 is 2.73 bits per heavy atom. The van der Waals surface area contributed by atoms with E-state index in [1.54, 1.807) is 29.9 Å². The molecule has 22 heavy (non-hydrogen) atoms. The number of anilines is 1. The van der Waals surface area contributed by atoms with Gasteiger partial charge in [-0.3, -0.25) is 4.79 Å². The van der Waals surface area contributed by atoms with E-state index in [-0.39, 0.29) is 10.8 Å². The number of carbonyl (C=O) groups is 2. The lowest BCUT2D eigenvalue weighted by atomic mass is 10.3. The molecule has 0 aliphatic heterocycles. The van der Waals surface area contributed by atoms with Crippen LogP contribution in [-0.4, -0.2) is 27.5 Å². The molecule has 2 rings (SSSR count). The molecular formula is C14H13Cl2N3O3. The predicted molar refractivity (Wildman–Crippen MR) is 83.2 cm³/mol. The van der Waals surface area contributed by atoms with Crippen molar-refractivity contribution >= 4 is 40.9 Å². The topological polar surface area (TPSA) is 73.2 Å². The Labute approximate surface area is 137 Å². The van der Waals surface area contributed by atoms with Gasteiger partial charge in [0.25, 0.3) is 5.91 Å². The summed E-state index contributed by atoms with van der Waals surface area (Å²) in [6, 6.07) is 4.76. The third kappa shape index (κ3) is 3.78. The highest BCUT2D eigenvalue weighted by Gasteiger charge is 2.21. The summed E-state index contributed by atoms with van der Waals surface area (Å²) < 4.78 is 6.71. The highest BCUT2D eigenvalue weighted by molar-refractivity contribution is 6.36. The van der Waals surface area contributed by atoms with Gasteiger partial charge in [0.1, 0.15) is 5.69 Å². The number of nitrogens with one attached hydrogen (secondary N) is 1. The minimum atomic E-state index is -1.00. The summed E-state index contributed by atoms with van der Waals surface area (Å²) in [5.41, 5.74) is 0.349. The normalized spacial score (nSPS) is 11.8. The lowest BCUT2D eigenvalue weighted by Gasteiger charge is -2.14. The fourth-order valence-corrected chi connectivity index (χ4v) is 2.10. The number of amides is 1. The summed E-state index contributed by atoms with van der Waals surface area (Å²) in [6.07, 6.45) is 2.05.